The number of hydrogen-bond donors (Lipinski definition) is 3. The summed E-state index contributed by atoms with van der Waals surface area (Å²) in [6.07, 6.45) is 0. The number of phenols is 1. The van der Waals surface area contributed by atoms with Crippen molar-refractivity contribution < 1.29 is 24.4 Å². The maximum atomic E-state index is 11.1. The molecule has 12 rings (SSSR count). The van der Waals surface area contributed by atoms with Crippen LogP contribution in [0.4, 0.5) is 22.7 Å². The predicted octanol–water partition coefficient (Wildman–Crippen LogP) is 17.3. The smallest absolute Gasteiger partial charge is 0.277 e. The van der Waals surface area contributed by atoms with Crippen molar-refractivity contribution in [3.05, 3.63) is 315 Å². The van der Waals surface area contributed by atoms with Crippen molar-refractivity contribution in [1.82, 2.24) is 0 Å². The Morgan fingerprint density at radius 3 is 1.19 bits per heavy atom. The molecule has 11 heteroatoms. The maximum absolute atomic E-state index is 11.1. The Hall–Kier alpha value is -10.5. The molecule has 0 aliphatic heterocycles. The molecule has 0 radical (unpaired) electrons. The molecule has 0 unspecified atom stereocenters. The molecule has 0 bridgehead atoms. The average Bonchev–Trinajstić information content (AvgIpc) is 3.52. The van der Waals surface area contributed by atoms with Gasteiger partial charge in [-0.15, -0.1) is 0 Å². The number of non-ortho nitro benzene ring substituents is 2. The fourth-order valence-electron chi connectivity index (χ4n) is 8.95. The van der Waals surface area contributed by atoms with E-state index in [2.05, 4.69) is 95.6 Å². The Morgan fingerprint density at radius 2 is 0.684 bits per heavy atom. The third kappa shape index (κ3) is 14.3. The summed E-state index contributed by atoms with van der Waals surface area (Å²) in [6, 6.07) is 87.5. The van der Waals surface area contributed by atoms with Crippen LogP contribution in [-0.2, 0) is 26.3 Å². The molecule has 390 valence electrons. The monoisotopic (exact) mass is 1040 g/mol. The predicted molar refractivity (Wildman–Crippen MR) is 320 cm³/mol. The van der Waals surface area contributed by atoms with E-state index in [0.29, 0.717) is 35.5 Å². The first-order valence-corrected chi connectivity index (χ1v) is 25.7. The largest absolute Gasteiger partial charge is 0.507 e. The molecule has 79 heavy (non-hydrogen) atoms. The van der Waals surface area contributed by atoms with Crippen LogP contribution in [0.5, 0.6) is 17.2 Å². The molecule has 3 N–H and O–H groups in total. The zero-order valence-corrected chi connectivity index (χ0v) is 43.1. The van der Waals surface area contributed by atoms with E-state index in [1.165, 1.54) is 34.2 Å². The topological polar surface area (TPSA) is 149 Å². The van der Waals surface area contributed by atoms with Gasteiger partial charge in [-0.2, -0.15) is 0 Å². The van der Waals surface area contributed by atoms with Crippen LogP contribution >= 0.6 is 0 Å². The Balaban J connectivity index is 0.000000131. The van der Waals surface area contributed by atoms with Crippen LogP contribution in [0.1, 0.15) is 22.3 Å². The van der Waals surface area contributed by atoms with Gasteiger partial charge in [-0.25, -0.2) is 0 Å². The lowest BCUT2D eigenvalue weighted by atomic mass is 10.1. The molecule has 0 atom stereocenters. The normalized spacial score (nSPS) is 10.5. The molecule has 0 aromatic heterocycles. The lowest BCUT2D eigenvalue weighted by Gasteiger charge is -2.14. The number of aromatic hydroxyl groups is 1. The standard InChI is InChI=1S/C24H21NO.C17H13NO3.C17H15NO.C10H7NO2/c1-3-9-19(10-4-1)17-25-23-15-16-24(22-14-8-7-13-21(22)23)26-18-20-11-5-2-6-12-20;19-18(20)16-10-11-17(15-9-5-4-8-14(15)16)21-12-13-6-2-1-3-7-13;19-17-11-10-16(14-8-4-5-9-15(14)17)18-12-13-6-2-1-3-7-13;12-11(13)10-7-3-5-8-4-1-2-6-9(8)10/h1-16,25H,17-18H2;1-11H,12H2;1-11,18-19H,12H2;1-7H. The van der Waals surface area contributed by atoms with Gasteiger partial charge in [0.05, 0.1) is 20.6 Å². The van der Waals surface area contributed by atoms with E-state index in [1.807, 2.05) is 133 Å². The number of benzene rings is 12. The molecule has 0 aliphatic carbocycles. The number of nitro groups is 2. The Bertz CT molecular complexity index is 3850. The zero-order valence-electron chi connectivity index (χ0n) is 43.1. The second-order valence-corrected chi connectivity index (χ2v) is 18.2. The molecule has 0 fully saturated rings. The van der Waals surface area contributed by atoms with Gasteiger partial charge in [-0.05, 0) is 70.1 Å². The quantitative estimate of drug-likeness (QED) is 0.0550. The molecular formula is C68H56N4O7. The first-order valence-electron chi connectivity index (χ1n) is 25.7. The molecule has 0 heterocycles. The number of ether oxygens (including phenoxy) is 2. The summed E-state index contributed by atoms with van der Waals surface area (Å²) in [7, 11) is 0. The highest BCUT2D eigenvalue weighted by atomic mass is 16.6. The summed E-state index contributed by atoms with van der Waals surface area (Å²) in [5.41, 5.74) is 7.15. The van der Waals surface area contributed by atoms with E-state index in [1.54, 1.807) is 42.5 Å². The maximum Gasteiger partial charge on any atom is 0.277 e. The van der Waals surface area contributed by atoms with Gasteiger partial charge in [-0.3, -0.25) is 20.2 Å². The van der Waals surface area contributed by atoms with Gasteiger partial charge in [0.15, 0.2) is 0 Å². The number of nitrogens with zero attached hydrogens (tertiary/aromatic N) is 2. The lowest BCUT2D eigenvalue weighted by molar-refractivity contribution is -0.383. The van der Waals surface area contributed by atoms with Gasteiger partial charge in [0, 0.05) is 63.5 Å². The number of nitrogens with one attached hydrogen (secondary N) is 2. The number of hydrogen-bond acceptors (Lipinski definition) is 9. The van der Waals surface area contributed by atoms with Crippen molar-refractivity contribution in [1.29, 1.82) is 0 Å². The van der Waals surface area contributed by atoms with Crippen molar-refractivity contribution in [3.8, 4) is 17.2 Å². The molecular weight excluding hydrogens is 985 g/mol. The second kappa shape index (κ2) is 26.8. The van der Waals surface area contributed by atoms with Crippen molar-refractivity contribution in [2.75, 3.05) is 10.6 Å². The Kier molecular flexibility index (Phi) is 18.1. The third-order valence-electron chi connectivity index (χ3n) is 12.9. The third-order valence-corrected chi connectivity index (χ3v) is 12.9. The minimum atomic E-state index is -0.372. The van der Waals surface area contributed by atoms with Gasteiger partial charge in [0.1, 0.15) is 30.5 Å². The Morgan fingerprint density at radius 1 is 0.329 bits per heavy atom. The summed E-state index contributed by atoms with van der Waals surface area (Å²) in [5, 5.41) is 45.7. The van der Waals surface area contributed by atoms with E-state index in [0.717, 1.165) is 62.7 Å². The van der Waals surface area contributed by atoms with Crippen LogP contribution in [0.15, 0.2) is 273 Å². The van der Waals surface area contributed by atoms with Gasteiger partial charge in [-0.1, -0.05) is 218 Å². The van der Waals surface area contributed by atoms with E-state index >= 15 is 0 Å². The summed E-state index contributed by atoms with van der Waals surface area (Å²) < 4.78 is 11.9. The Labute approximate surface area is 457 Å². The van der Waals surface area contributed by atoms with E-state index in [-0.39, 0.29) is 21.2 Å². The minimum absolute atomic E-state index is 0.0951. The van der Waals surface area contributed by atoms with Crippen LogP contribution in [0, 0.1) is 20.2 Å². The second-order valence-electron chi connectivity index (χ2n) is 18.2. The van der Waals surface area contributed by atoms with E-state index < -0.39 is 0 Å². The van der Waals surface area contributed by atoms with Gasteiger partial charge in [0.2, 0.25) is 0 Å². The highest BCUT2D eigenvalue weighted by Crippen LogP contribution is 2.35. The average molecular weight is 1040 g/mol. The summed E-state index contributed by atoms with van der Waals surface area (Å²) in [4.78, 5) is 21.0. The van der Waals surface area contributed by atoms with E-state index in [4.69, 9.17) is 9.47 Å². The highest BCUT2D eigenvalue weighted by molar-refractivity contribution is 5.99. The van der Waals surface area contributed by atoms with Crippen LogP contribution in [0.2, 0.25) is 0 Å². The van der Waals surface area contributed by atoms with Crippen molar-refractivity contribution in [2.45, 2.75) is 26.3 Å². The molecule has 0 aliphatic rings. The lowest BCUT2D eigenvalue weighted by Crippen LogP contribution is -2.01. The number of nitro benzene ring substituents is 2. The zero-order chi connectivity index (χ0) is 54.6. The van der Waals surface area contributed by atoms with Gasteiger partial charge in [0.25, 0.3) is 11.4 Å². The molecule has 12 aromatic rings. The molecule has 12 aromatic carbocycles. The number of phenolic OH excluding ortho intramolecular Hbond substituents is 1. The summed E-state index contributed by atoms with van der Waals surface area (Å²) in [5.74, 6) is 1.88. The summed E-state index contributed by atoms with van der Waals surface area (Å²) >= 11 is 0. The molecule has 0 amide bonds. The van der Waals surface area contributed by atoms with Crippen LogP contribution < -0.4 is 20.1 Å². The number of rotatable bonds is 14. The van der Waals surface area contributed by atoms with Crippen molar-refractivity contribution in [3.63, 3.8) is 0 Å². The molecule has 0 saturated carbocycles. The minimum Gasteiger partial charge on any atom is -0.507 e. The SMILES string of the molecule is O=[N+]([O-])c1ccc(OCc2ccccc2)c2ccccc12.O=[N+]([O-])c1cccc2ccccc12.Oc1ccc(NCc2ccccc2)c2ccccc12.c1ccc(CNc2ccc(OCc3ccccc3)c3ccccc23)cc1. The molecule has 11 nitrogen and oxygen atoms in total. The first-order chi connectivity index (χ1) is 38.8. The fraction of sp³-hybridized carbons (Fsp3) is 0.0588. The van der Waals surface area contributed by atoms with E-state index in [9.17, 15) is 25.3 Å². The number of anilines is 2. The van der Waals surface area contributed by atoms with Crippen LogP contribution in [-0.4, -0.2) is 15.0 Å². The van der Waals surface area contributed by atoms with Gasteiger partial charge < -0.3 is 25.2 Å². The first kappa shape index (κ1) is 53.3. The highest BCUT2D eigenvalue weighted by Gasteiger charge is 2.15. The fourth-order valence-corrected chi connectivity index (χ4v) is 8.95. The van der Waals surface area contributed by atoms with Crippen LogP contribution in [0.25, 0.3) is 43.1 Å². The number of fused-ring (bicyclic) bond motifs is 4. The van der Waals surface area contributed by atoms with Crippen molar-refractivity contribution >= 4 is 65.8 Å². The summed E-state index contributed by atoms with van der Waals surface area (Å²) in [6.45, 7) is 2.58. The van der Waals surface area contributed by atoms with Gasteiger partial charge >= 0.3 is 0 Å². The van der Waals surface area contributed by atoms with Crippen molar-refractivity contribution in [2.24, 2.45) is 0 Å². The van der Waals surface area contributed by atoms with Crippen LogP contribution in [0.3, 0.4) is 0 Å². The molecule has 0 spiro atoms. The molecule has 0 saturated heterocycles.